The predicted molar refractivity (Wildman–Crippen MR) is 81.7 cm³/mol. The van der Waals surface area contributed by atoms with Gasteiger partial charge in [0.05, 0.1) is 11.7 Å². The fourth-order valence-corrected chi connectivity index (χ4v) is 2.54. The first-order valence-electron chi connectivity index (χ1n) is 6.64. The van der Waals surface area contributed by atoms with Crippen molar-refractivity contribution in [1.29, 1.82) is 0 Å². The molecule has 0 spiro atoms. The Balaban J connectivity index is 1.84. The zero-order chi connectivity index (χ0) is 14.5. The Kier molecular flexibility index (Phi) is 5.33. The summed E-state index contributed by atoms with van der Waals surface area (Å²) in [5, 5.41) is 11.8. The van der Waals surface area contributed by atoms with Gasteiger partial charge >= 0.3 is 0 Å². The van der Waals surface area contributed by atoms with E-state index in [1.807, 2.05) is 25.3 Å². The van der Waals surface area contributed by atoms with E-state index in [0.29, 0.717) is 0 Å². The average molecular weight is 342 g/mol. The molecule has 1 aromatic rings. The number of piperazine rings is 1. The van der Waals surface area contributed by atoms with Gasteiger partial charge in [-0.2, -0.15) is 0 Å². The zero-order valence-corrected chi connectivity index (χ0v) is 13.1. The number of rotatable bonds is 4. The van der Waals surface area contributed by atoms with Crippen molar-refractivity contribution in [3.8, 4) is 0 Å². The summed E-state index contributed by atoms with van der Waals surface area (Å²) in [5.41, 5.74) is 6.73. The molecule has 1 saturated heterocycles. The number of aromatic nitrogens is 1. The van der Waals surface area contributed by atoms with Crippen LogP contribution in [0.4, 0.5) is 0 Å². The van der Waals surface area contributed by atoms with Crippen LogP contribution in [0.2, 0.25) is 0 Å². The molecule has 6 nitrogen and oxygen atoms in total. The maximum Gasteiger partial charge on any atom is 0.156 e. The Hall–Kier alpha value is -1.18. The molecule has 1 atom stereocenters. The summed E-state index contributed by atoms with van der Waals surface area (Å²) in [4.78, 5) is 8.98. The van der Waals surface area contributed by atoms with Crippen molar-refractivity contribution >= 4 is 21.8 Å². The van der Waals surface area contributed by atoms with Gasteiger partial charge in [-0.05, 0) is 35.0 Å². The molecule has 7 heteroatoms. The fraction of sp³-hybridized carbons (Fsp3) is 0.538. The van der Waals surface area contributed by atoms with Gasteiger partial charge in [0, 0.05) is 43.4 Å². The van der Waals surface area contributed by atoms with E-state index in [9.17, 15) is 0 Å². The molecule has 0 aromatic carbocycles. The quantitative estimate of drug-likeness (QED) is 0.371. The highest BCUT2D eigenvalue weighted by molar-refractivity contribution is 9.10. The molecular weight excluding hydrogens is 322 g/mol. The molecule has 0 bridgehead atoms. The lowest BCUT2D eigenvalue weighted by molar-refractivity contribution is 0.115. The second-order valence-corrected chi connectivity index (χ2v) is 5.90. The molecule has 0 aliphatic carbocycles. The van der Waals surface area contributed by atoms with E-state index in [2.05, 4.69) is 35.9 Å². The summed E-state index contributed by atoms with van der Waals surface area (Å²) in [6.45, 7) is 6.56. The Labute approximate surface area is 127 Å². The van der Waals surface area contributed by atoms with E-state index in [0.717, 1.165) is 42.9 Å². The number of halogens is 1. The Morgan fingerprint density at radius 3 is 2.70 bits per heavy atom. The number of hydrogen-bond donors (Lipinski definition) is 2. The highest BCUT2D eigenvalue weighted by atomic mass is 79.9. The van der Waals surface area contributed by atoms with Crippen LogP contribution < -0.4 is 5.73 Å². The molecular formula is C13H20BrN5O. The summed E-state index contributed by atoms with van der Waals surface area (Å²) in [6.07, 6.45) is 1.83. The van der Waals surface area contributed by atoms with Gasteiger partial charge in [0.25, 0.3) is 0 Å². The normalized spacial score (nSPS) is 20.0. The summed E-state index contributed by atoms with van der Waals surface area (Å²) >= 11 is 3.39. The molecule has 1 aliphatic heterocycles. The zero-order valence-electron chi connectivity index (χ0n) is 11.5. The van der Waals surface area contributed by atoms with Crippen LogP contribution >= 0.6 is 15.9 Å². The van der Waals surface area contributed by atoms with Gasteiger partial charge in [-0.1, -0.05) is 5.16 Å². The largest absolute Gasteiger partial charge is 0.409 e. The molecule has 2 rings (SSSR count). The van der Waals surface area contributed by atoms with Crippen molar-refractivity contribution in [3.63, 3.8) is 0 Å². The maximum atomic E-state index is 8.72. The highest BCUT2D eigenvalue weighted by Gasteiger charge is 2.23. The second-order valence-electron chi connectivity index (χ2n) is 4.98. The Bertz CT molecular complexity index is 456. The third-order valence-corrected chi connectivity index (χ3v) is 4.14. The SMILES string of the molecule is CC(/C(N)=N/O)N1CCN(Cc2ccc(Br)cn2)CC1. The van der Waals surface area contributed by atoms with Gasteiger partial charge in [-0.15, -0.1) is 0 Å². The predicted octanol–water partition coefficient (Wildman–Crippen LogP) is 1.10. The smallest absolute Gasteiger partial charge is 0.156 e. The minimum absolute atomic E-state index is 0.0204. The summed E-state index contributed by atoms with van der Waals surface area (Å²) in [5.74, 6) is 0.271. The average Bonchev–Trinajstić information content (AvgIpc) is 2.49. The van der Waals surface area contributed by atoms with E-state index < -0.39 is 0 Å². The van der Waals surface area contributed by atoms with E-state index in [4.69, 9.17) is 10.9 Å². The van der Waals surface area contributed by atoms with Crippen molar-refractivity contribution in [2.75, 3.05) is 26.2 Å². The number of hydrogen-bond acceptors (Lipinski definition) is 5. The highest BCUT2D eigenvalue weighted by Crippen LogP contribution is 2.12. The van der Waals surface area contributed by atoms with Crippen molar-refractivity contribution < 1.29 is 5.21 Å². The molecule has 3 N–H and O–H groups in total. The van der Waals surface area contributed by atoms with Crippen LogP contribution in [0.3, 0.4) is 0 Å². The Morgan fingerprint density at radius 1 is 1.45 bits per heavy atom. The first-order chi connectivity index (χ1) is 9.60. The Morgan fingerprint density at radius 2 is 2.15 bits per heavy atom. The van der Waals surface area contributed by atoms with Crippen LogP contribution in [0, 0.1) is 0 Å². The topological polar surface area (TPSA) is 78.0 Å². The molecule has 0 amide bonds. The van der Waals surface area contributed by atoms with Crippen LogP contribution in [0.15, 0.2) is 28.0 Å². The second kappa shape index (κ2) is 7.01. The summed E-state index contributed by atoms with van der Waals surface area (Å²) < 4.78 is 0.999. The molecule has 1 unspecified atom stereocenters. The minimum atomic E-state index is -0.0204. The lowest BCUT2D eigenvalue weighted by Gasteiger charge is -2.37. The molecule has 110 valence electrons. The fourth-order valence-electron chi connectivity index (χ4n) is 2.31. The van der Waals surface area contributed by atoms with Gasteiger partial charge in [0.15, 0.2) is 5.84 Å². The molecule has 1 aliphatic rings. The third kappa shape index (κ3) is 3.91. The molecule has 20 heavy (non-hydrogen) atoms. The number of oxime groups is 1. The van der Waals surface area contributed by atoms with E-state index in [1.165, 1.54) is 0 Å². The number of pyridine rings is 1. The first kappa shape index (κ1) is 15.2. The van der Waals surface area contributed by atoms with Crippen molar-refractivity contribution in [2.24, 2.45) is 10.9 Å². The van der Waals surface area contributed by atoms with Gasteiger partial charge in [0.2, 0.25) is 0 Å². The van der Waals surface area contributed by atoms with Gasteiger partial charge in [-0.25, -0.2) is 0 Å². The van der Waals surface area contributed by atoms with Crippen LogP contribution in [-0.4, -0.2) is 58.0 Å². The van der Waals surface area contributed by atoms with E-state index >= 15 is 0 Å². The monoisotopic (exact) mass is 341 g/mol. The molecule has 0 saturated carbocycles. The lowest BCUT2D eigenvalue weighted by atomic mass is 10.2. The third-order valence-electron chi connectivity index (χ3n) is 3.67. The van der Waals surface area contributed by atoms with Gasteiger partial charge < -0.3 is 10.9 Å². The van der Waals surface area contributed by atoms with E-state index in [1.54, 1.807) is 0 Å². The summed E-state index contributed by atoms with van der Waals surface area (Å²) in [7, 11) is 0. The number of nitrogens with two attached hydrogens (primary N) is 1. The van der Waals surface area contributed by atoms with E-state index in [-0.39, 0.29) is 11.9 Å². The van der Waals surface area contributed by atoms with Crippen molar-refractivity contribution in [3.05, 3.63) is 28.5 Å². The van der Waals surface area contributed by atoms with Gasteiger partial charge in [-0.3, -0.25) is 14.8 Å². The van der Waals surface area contributed by atoms with Crippen LogP contribution in [0.1, 0.15) is 12.6 Å². The van der Waals surface area contributed by atoms with Crippen molar-refractivity contribution in [1.82, 2.24) is 14.8 Å². The summed E-state index contributed by atoms with van der Waals surface area (Å²) in [6, 6.07) is 4.03. The maximum absolute atomic E-state index is 8.72. The van der Waals surface area contributed by atoms with Crippen LogP contribution in [-0.2, 0) is 6.54 Å². The number of nitrogens with zero attached hydrogens (tertiary/aromatic N) is 4. The molecule has 1 fully saturated rings. The van der Waals surface area contributed by atoms with Crippen LogP contribution in [0.5, 0.6) is 0 Å². The first-order valence-corrected chi connectivity index (χ1v) is 7.43. The minimum Gasteiger partial charge on any atom is -0.409 e. The molecule has 0 radical (unpaired) electrons. The molecule has 2 heterocycles. The molecule has 1 aromatic heterocycles. The lowest BCUT2D eigenvalue weighted by Crippen LogP contribution is -2.52. The number of amidine groups is 1. The van der Waals surface area contributed by atoms with Gasteiger partial charge in [0.1, 0.15) is 0 Å². The van der Waals surface area contributed by atoms with Crippen molar-refractivity contribution in [2.45, 2.75) is 19.5 Å². The standard InChI is InChI=1S/C13H20BrN5O/c1-10(13(15)17-20)19-6-4-18(5-7-19)9-12-3-2-11(14)8-16-12/h2-3,8,10,20H,4-7,9H2,1H3,(H2,15,17). The van der Waals surface area contributed by atoms with Crippen LogP contribution in [0.25, 0.3) is 0 Å².